The molecule has 33 heavy (non-hydrogen) atoms. The van der Waals surface area contributed by atoms with Gasteiger partial charge in [0.2, 0.25) is 0 Å². The highest BCUT2D eigenvalue weighted by Gasteiger charge is 2.25. The van der Waals surface area contributed by atoms with Crippen LogP contribution in [-0.2, 0) is 11.2 Å². The molecule has 0 spiro atoms. The number of nitrogens with zero attached hydrogens (tertiary/aromatic N) is 3. The molecule has 3 aromatic rings. The van der Waals surface area contributed by atoms with Crippen molar-refractivity contribution in [1.82, 2.24) is 9.78 Å². The van der Waals surface area contributed by atoms with E-state index < -0.39 is 17.5 Å². The van der Waals surface area contributed by atoms with Gasteiger partial charge in [0.15, 0.2) is 0 Å². The van der Waals surface area contributed by atoms with Crippen molar-refractivity contribution in [2.45, 2.75) is 18.9 Å². The van der Waals surface area contributed by atoms with Crippen LogP contribution >= 0.6 is 0 Å². The second kappa shape index (κ2) is 9.26. The maximum absolute atomic E-state index is 14.8. The Labute approximate surface area is 188 Å². The van der Waals surface area contributed by atoms with Gasteiger partial charge >= 0.3 is 0 Å². The highest BCUT2D eigenvalue weighted by atomic mass is 19.1. The van der Waals surface area contributed by atoms with Crippen molar-refractivity contribution in [3.63, 3.8) is 0 Å². The Balaban J connectivity index is 1.51. The zero-order valence-corrected chi connectivity index (χ0v) is 17.6. The number of ether oxygens (including phenoxy) is 2. The number of hydrogen-bond acceptors (Lipinski definition) is 6. The maximum Gasteiger partial charge on any atom is 0.252 e. The molecule has 0 radical (unpaired) electrons. The van der Waals surface area contributed by atoms with Gasteiger partial charge in [-0.05, 0) is 36.2 Å². The topological polar surface area (TPSA) is 129 Å². The average molecular weight is 453 g/mol. The van der Waals surface area contributed by atoms with Gasteiger partial charge in [0.1, 0.15) is 40.5 Å². The molecule has 4 rings (SSSR count). The zero-order valence-electron chi connectivity index (χ0n) is 17.6. The predicted molar refractivity (Wildman–Crippen MR) is 115 cm³/mol. The number of amides is 1. The van der Waals surface area contributed by atoms with Crippen LogP contribution in [0.15, 0.2) is 36.4 Å². The number of carbonyl (C=O) groups is 1. The van der Waals surface area contributed by atoms with Crippen LogP contribution < -0.4 is 16.2 Å². The number of benzene rings is 2. The number of rotatable bonds is 7. The minimum atomic E-state index is -0.823. The minimum absolute atomic E-state index is 0.0366. The minimum Gasteiger partial charge on any atom is -0.492 e. The molecule has 2 heterocycles. The van der Waals surface area contributed by atoms with Crippen LogP contribution in [0.1, 0.15) is 33.9 Å². The molecule has 1 aliphatic heterocycles. The van der Waals surface area contributed by atoms with Gasteiger partial charge < -0.3 is 20.9 Å². The van der Waals surface area contributed by atoms with E-state index in [0.717, 1.165) is 18.6 Å². The molecule has 1 unspecified atom stereocenters. The molecule has 0 aliphatic carbocycles. The fourth-order valence-electron chi connectivity index (χ4n) is 3.74. The summed E-state index contributed by atoms with van der Waals surface area (Å²) in [6.45, 7) is 1.08. The highest BCUT2D eigenvalue weighted by molar-refractivity contribution is 5.95. The summed E-state index contributed by atoms with van der Waals surface area (Å²) < 4.78 is 40.6. The van der Waals surface area contributed by atoms with Crippen LogP contribution in [0.2, 0.25) is 0 Å². The Kier molecular flexibility index (Phi) is 6.24. The molecule has 1 fully saturated rings. The van der Waals surface area contributed by atoms with Crippen molar-refractivity contribution >= 4 is 11.7 Å². The number of nitrogens with two attached hydrogens (primary N) is 2. The third kappa shape index (κ3) is 4.49. The lowest BCUT2D eigenvalue weighted by molar-refractivity contribution is 0.0996. The standard InChI is InChI=1S/C23H21F2N5O3/c24-15-3-4-20(17(10-15)23(28)31)33-8-5-13-1-2-14(9-19(13)25)21-18(11-26)22(27)30(29-21)16-6-7-32-12-16/h1-4,9-10,16H,5-8,12,27H2,(H2,28,31). The molecule has 1 atom stereocenters. The molecule has 2 aromatic carbocycles. The summed E-state index contributed by atoms with van der Waals surface area (Å²) in [5.74, 6) is -1.59. The van der Waals surface area contributed by atoms with Gasteiger partial charge in [-0.15, -0.1) is 0 Å². The monoisotopic (exact) mass is 453 g/mol. The van der Waals surface area contributed by atoms with Crippen molar-refractivity contribution in [2.75, 3.05) is 25.6 Å². The summed E-state index contributed by atoms with van der Waals surface area (Å²) in [5, 5.41) is 14.0. The highest BCUT2D eigenvalue weighted by Crippen LogP contribution is 2.32. The van der Waals surface area contributed by atoms with Crippen LogP contribution in [-0.4, -0.2) is 35.5 Å². The molecule has 4 N–H and O–H groups in total. The van der Waals surface area contributed by atoms with Gasteiger partial charge in [0, 0.05) is 18.6 Å². The van der Waals surface area contributed by atoms with Gasteiger partial charge in [-0.3, -0.25) is 4.79 Å². The van der Waals surface area contributed by atoms with Gasteiger partial charge in [0.25, 0.3) is 5.91 Å². The lowest BCUT2D eigenvalue weighted by atomic mass is 10.0. The molecule has 8 nitrogen and oxygen atoms in total. The number of aromatic nitrogens is 2. The first-order valence-corrected chi connectivity index (χ1v) is 10.3. The lowest BCUT2D eigenvalue weighted by Gasteiger charge is -2.11. The fourth-order valence-corrected chi connectivity index (χ4v) is 3.74. The summed E-state index contributed by atoms with van der Waals surface area (Å²) in [5.41, 5.74) is 12.6. The van der Waals surface area contributed by atoms with Crippen molar-refractivity contribution in [1.29, 1.82) is 5.26 Å². The quantitative estimate of drug-likeness (QED) is 0.566. The number of nitriles is 1. The normalized spacial score (nSPS) is 15.4. The summed E-state index contributed by atoms with van der Waals surface area (Å²) in [6, 6.07) is 9.94. The van der Waals surface area contributed by atoms with E-state index in [1.165, 1.54) is 12.1 Å². The zero-order chi connectivity index (χ0) is 23.5. The van der Waals surface area contributed by atoms with Crippen LogP contribution in [0.3, 0.4) is 0 Å². The number of primary amides is 1. The largest absolute Gasteiger partial charge is 0.492 e. The molecule has 10 heteroatoms. The number of anilines is 1. The molecule has 1 aromatic heterocycles. The Morgan fingerprint density at radius 1 is 1.30 bits per heavy atom. The lowest BCUT2D eigenvalue weighted by Crippen LogP contribution is -2.14. The van der Waals surface area contributed by atoms with Gasteiger partial charge in [-0.1, -0.05) is 12.1 Å². The molecular formula is C23H21F2N5O3. The van der Waals surface area contributed by atoms with E-state index in [0.29, 0.717) is 30.0 Å². The van der Waals surface area contributed by atoms with Gasteiger partial charge in [-0.2, -0.15) is 10.4 Å². The summed E-state index contributed by atoms with van der Waals surface area (Å²) in [4.78, 5) is 11.5. The second-order valence-corrected chi connectivity index (χ2v) is 7.59. The van der Waals surface area contributed by atoms with E-state index in [2.05, 4.69) is 11.2 Å². The summed E-state index contributed by atoms with van der Waals surface area (Å²) in [6.07, 6.45) is 0.914. The van der Waals surface area contributed by atoms with Gasteiger partial charge in [0.05, 0.1) is 24.8 Å². The Morgan fingerprint density at radius 3 is 2.79 bits per heavy atom. The SMILES string of the molecule is N#Cc1c(-c2ccc(CCOc3ccc(F)cc3C(N)=O)c(F)c2)nn(C2CCOC2)c1N. The van der Waals surface area contributed by atoms with Crippen molar-refractivity contribution in [3.05, 3.63) is 64.7 Å². The average Bonchev–Trinajstić information content (AvgIpc) is 3.43. The first-order valence-electron chi connectivity index (χ1n) is 10.3. The molecule has 0 saturated carbocycles. The van der Waals surface area contributed by atoms with Crippen LogP contribution in [0.25, 0.3) is 11.3 Å². The van der Waals surface area contributed by atoms with Crippen molar-refractivity contribution < 1.29 is 23.0 Å². The first kappa shape index (κ1) is 22.2. The van der Waals surface area contributed by atoms with E-state index in [1.807, 2.05) is 0 Å². The van der Waals surface area contributed by atoms with E-state index in [9.17, 15) is 18.8 Å². The molecular weight excluding hydrogens is 432 g/mol. The van der Waals surface area contributed by atoms with Gasteiger partial charge in [-0.25, -0.2) is 13.5 Å². The van der Waals surface area contributed by atoms with Crippen LogP contribution in [0.4, 0.5) is 14.6 Å². The molecule has 1 saturated heterocycles. The number of hydrogen-bond donors (Lipinski definition) is 2. The second-order valence-electron chi connectivity index (χ2n) is 7.59. The Hall–Kier alpha value is -3.97. The van der Waals surface area contributed by atoms with E-state index >= 15 is 0 Å². The van der Waals surface area contributed by atoms with Crippen molar-refractivity contribution in [2.24, 2.45) is 5.73 Å². The molecule has 170 valence electrons. The molecule has 1 amide bonds. The van der Waals surface area contributed by atoms with Crippen molar-refractivity contribution in [3.8, 4) is 23.1 Å². The number of carbonyl (C=O) groups excluding carboxylic acids is 1. The smallest absolute Gasteiger partial charge is 0.252 e. The summed E-state index contributed by atoms with van der Waals surface area (Å²) >= 11 is 0. The van der Waals surface area contributed by atoms with E-state index in [4.69, 9.17) is 20.9 Å². The van der Waals surface area contributed by atoms with Crippen LogP contribution in [0, 0.1) is 23.0 Å². The molecule has 1 aliphatic rings. The fraction of sp³-hybridized carbons (Fsp3) is 0.261. The molecule has 0 bridgehead atoms. The third-order valence-electron chi connectivity index (χ3n) is 5.47. The maximum atomic E-state index is 14.8. The van der Waals surface area contributed by atoms with E-state index in [-0.39, 0.29) is 41.8 Å². The van der Waals surface area contributed by atoms with Crippen LogP contribution in [0.5, 0.6) is 5.75 Å². The number of nitrogen functional groups attached to an aromatic ring is 1. The Morgan fingerprint density at radius 2 is 2.12 bits per heavy atom. The predicted octanol–water partition coefficient (Wildman–Crippen LogP) is 2.96. The third-order valence-corrected chi connectivity index (χ3v) is 5.47. The summed E-state index contributed by atoms with van der Waals surface area (Å²) in [7, 11) is 0. The Bertz CT molecular complexity index is 1250. The first-order chi connectivity index (χ1) is 15.9. The van der Waals surface area contributed by atoms with E-state index in [1.54, 1.807) is 16.8 Å². The number of halogens is 2.